The molecule has 0 aliphatic carbocycles. The predicted molar refractivity (Wildman–Crippen MR) is 92.3 cm³/mol. The minimum absolute atomic E-state index is 0. The number of benzene rings is 2. The van der Waals surface area contributed by atoms with Gasteiger partial charge in [-0.2, -0.15) is 8.42 Å². The molecule has 2 aromatic carbocycles. The SMILES string of the molecule is O=S(=O)(O)c1ccc(-c2ccnc3c2ccc2cccnc23)cc1.[Na+].[Na+].[Na+].[Na+].[Ru+2]. The molecule has 1 N–H and O–H groups in total. The minimum atomic E-state index is -4.20. The van der Waals surface area contributed by atoms with Gasteiger partial charge in [0.05, 0.1) is 15.9 Å². The number of rotatable bonds is 2. The van der Waals surface area contributed by atoms with Gasteiger partial charge in [0, 0.05) is 23.2 Å². The maximum atomic E-state index is 11.2. The van der Waals surface area contributed by atoms with E-state index < -0.39 is 10.1 Å². The molecule has 4 aromatic rings. The molecule has 2 heterocycles. The predicted octanol–water partition coefficient (Wildman–Crippen LogP) is -8.29. The molecule has 0 saturated carbocycles. The van der Waals surface area contributed by atoms with Crippen LogP contribution in [-0.4, -0.2) is 22.9 Å². The molecule has 5 nitrogen and oxygen atoms in total. The van der Waals surface area contributed by atoms with E-state index in [9.17, 15) is 8.42 Å². The first-order chi connectivity index (χ1) is 11.5. The fourth-order valence-corrected chi connectivity index (χ4v) is 3.29. The summed E-state index contributed by atoms with van der Waals surface area (Å²) in [5.41, 5.74) is 3.38. The van der Waals surface area contributed by atoms with E-state index in [1.807, 2.05) is 30.3 Å². The fraction of sp³-hybridized carbons (Fsp3) is 0. The van der Waals surface area contributed by atoms with Gasteiger partial charge in [-0.3, -0.25) is 14.5 Å². The second-order valence-electron chi connectivity index (χ2n) is 5.39. The molecular formula is C18H12N2Na4O3RuS+6. The van der Waals surface area contributed by atoms with Crippen molar-refractivity contribution in [2.24, 2.45) is 0 Å². The van der Waals surface area contributed by atoms with Crippen molar-refractivity contribution < 1.29 is 151 Å². The summed E-state index contributed by atoms with van der Waals surface area (Å²) in [5, 5.41) is 1.94. The van der Waals surface area contributed by atoms with Gasteiger partial charge in [-0.05, 0) is 35.4 Å². The fourth-order valence-electron chi connectivity index (χ4n) is 2.81. The maximum Gasteiger partial charge on any atom is 2.00 e. The Morgan fingerprint density at radius 1 is 0.724 bits per heavy atom. The molecule has 2 aromatic heterocycles. The van der Waals surface area contributed by atoms with Crippen molar-refractivity contribution in [2.75, 3.05) is 0 Å². The third-order valence-electron chi connectivity index (χ3n) is 3.95. The van der Waals surface area contributed by atoms with E-state index in [0.717, 1.165) is 32.9 Å². The van der Waals surface area contributed by atoms with Gasteiger partial charge in [0.1, 0.15) is 0 Å². The first-order valence-electron chi connectivity index (χ1n) is 7.24. The average Bonchev–Trinajstić information content (AvgIpc) is 2.60. The Labute approximate surface area is 270 Å². The van der Waals surface area contributed by atoms with Gasteiger partial charge in [-0.25, -0.2) is 0 Å². The van der Waals surface area contributed by atoms with Gasteiger partial charge in [-0.1, -0.05) is 30.3 Å². The number of pyridine rings is 2. The largest absolute Gasteiger partial charge is 2.00 e. The summed E-state index contributed by atoms with van der Waals surface area (Å²) in [6.07, 6.45) is 3.44. The number of hydrogen-bond acceptors (Lipinski definition) is 4. The van der Waals surface area contributed by atoms with Crippen LogP contribution in [0.1, 0.15) is 0 Å². The molecular weight excluding hydrogens is 517 g/mol. The third-order valence-corrected chi connectivity index (χ3v) is 4.81. The Kier molecular flexibility index (Phi) is 16.1. The molecule has 0 unspecified atom stereocenters. The van der Waals surface area contributed by atoms with E-state index in [2.05, 4.69) is 9.97 Å². The molecule has 0 aliphatic rings. The molecule has 4 rings (SSSR count). The van der Waals surface area contributed by atoms with Gasteiger partial charge >= 0.3 is 138 Å². The summed E-state index contributed by atoms with van der Waals surface area (Å²) in [7, 11) is -4.20. The molecule has 0 bridgehead atoms. The van der Waals surface area contributed by atoms with Crippen molar-refractivity contribution in [1.82, 2.24) is 9.97 Å². The first kappa shape index (κ1) is 33.0. The van der Waals surface area contributed by atoms with Crippen LogP contribution in [-0.2, 0) is 29.6 Å². The van der Waals surface area contributed by atoms with Gasteiger partial charge in [0.25, 0.3) is 10.1 Å². The normalized spacial score (nSPS) is 9.83. The molecule has 0 amide bonds. The van der Waals surface area contributed by atoms with Crippen molar-refractivity contribution in [3.05, 3.63) is 67.0 Å². The molecule has 0 fully saturated rings. The Hall–Kier alpha value is 1.79. The molecule has 0 radical (unpaired) electrons. The zero-order valence-electron chi connectivity index (χ0n) is 16.8. The van der Waals surface area contributed by atoms with E-state index in [4.69, 9.17) is 4.55 Å². The molecule has 29 heavy (non-hydrogen) atoms. The van der Waals surface area contributed by atoms with Crippen LogP contribution in [0.4, 0.5) is 0 Å². The van der Waals surface area contributed by atoms with E-state index >= 15 is 0 Å². The van der Waals surface area contributed by atoms with Crippen LogP contribution in [0.15, 0.2) is 71.9 Å². The Balaban J connectivity index is 0. The number of aromatic nitrogens is 2. The smallest absolute Gasteiger partial charge is 0.282 e. The quantitative estimate of drug-likeness (QED) is 0.159. The van der Waals surface area contributed by atoms with Crippen molar-refractivity contribution in [3.8, 4) is 11.1 Å². The molecule has 124 valence electrons. The summed E-state index contributed by atoms with van der Waals surface area (Å²) in [6.45, 7) is 0. The van der Waals surface area contributed by atoms with Crippen LogP contribution >= 0.6 is 0 Å². The second-order valence-corrected chi connectivity index (χ2v) is 6.82. The first-order valence-corrected chi connectivity index (χ1v) is 8.68. The zero-order valence-corrected chi connectivity index (χ0v) is 27.3. The van der Waals surface area contributed by atoms with Crippen LogP contribution in [0, 0.1) is 0 Å². The second kappa shape index (κ2) is 14.1. The number of nitrogens with zero attached hydrogens (tertiary/aromatic N) is 2. The van der Waals surface area contributed by atoms with E-state index in [-0.39, 0.29) is 143 Å². The van der Waals surface area contributed by atoms with E-state index in [1.54, 1.807) is 24.5 Å². The minimum Gasteiger partial charge on any atom is -0.282 e. The standard InChI is InChI=1S/C18H12N2O3S.4Na.Ru/c21-24(22,23)14-6-3-12(4-7-14)15-9-11-20-18-16(15)8-5-13-2-1-10-19-17(13)18;;;;;/h1-11H,(H,21,22,23);;;;;/q;4*+1;+2. The summed E-state index contributed by atoms with van der Waals surface area (Å²) >= 11 is 0. The van der Waals surface area contributed by atoms with Crippen LogP contribution in [0.25, 0.3) is 32.9 Å². The number of hydrogen-bond donors (Lipinski definition) is 1. The Morgan fingerprint density at radius 3 is 1.97 bits per heavy atom. The van der Waals surface area contributed by atoms with Gasteiger partial charge < -0.3 is 0 Å². The van der Waals surface area contributed by atoms with Crippen molar-refractivity contribution in [3.63, 3.8) is 0 Å². The summed E-state index contributed by atoms with van der Waals surface area (Å²) in [6, 6.07) is 15.8. The zero-order chi connectivity index (χ0) is 16.7. The molecule has 0 saturated heterocycles. The van der Waals surface area contributed by atoms with E-state index in [1.165, 1.54) is 12.1 Å². The van der Waals surface area contributed by atoms with E-state index in [0.29, 0.717) is 0 Å². The number of fused-ring (bicyclic) bond motifs is 3. The van der Waals surface area contributed by atoms with Crippen LogP contribution in [0.2, 0.25) is 0 Å². The topological polar surface area (TPSA) is 80.2 Å². The van der Waals surface area contributed by atoms with Gasteiger partial charge in [0.15, 0.2) is 0 Å². The van der Waals surface area contributed by atoms with Crippen LogP contribution in [0.3, 0.4) is 0 Å². The van der Waals surface area contributed by atoms with Crippen molar-refractivity contribution in [1.29, 1.82) is 0 Å². The summed E-state index contributed by atoms with van der Waals surface area (Å²) < 4.78 is 31.4. The summed E-state index contributed by atoms with van der Waals surface area (Å²) in [5.74, 6) is 0. The van der Waals surface area contributed by atoms with Gasteiger partial charge in [0.2, 0.25) is 0 Å². The van der Waals surface area contributed by atoms with Crippen LogP contribution in [0.5, 0.6) is 0 Å². The van der Waals surface area contributed by atoms with Gasteiger partial charge in [-0.15, -0.1) is 0 Å². The third kappa shape index (κ3) is 7.39. The average molecular weight is 529 g/mol. The van der Waals surface area contributed by atoms with Crippen molar-refractivity contribution in [2.45, 2.75) is 4.90 Å². The molecule has 0 aliphatic heterocycles. The van der Waals surface area contributed by atoms with Crippen molar-refractivity contribution >= 4 is 31.9 Å². The Bertz CT molecular complexity index is 1190. The maximum absolute atomic E-state index is 11.2. The molecule has 0 spiro atoms. The molecule has 11 heteroatoms. The molecule has 0 atom stereocenters. The Morgan fingerprint density at radius 2 is 1.34 bits per heavy atom. The monoisotopic (exact) mass is 530 g/mol. The van der Waals surface area contributed by atoms with Crippen LogP contribution < -0.4 is 118 Å². The summed E-state index contributed by atoms with van der Waals surface area (Å²) in [4.78, 5) is 8.74.